The van der Waals surface area contributed by atoms with Gasteiger partial charge in [0, 0.05) is 16.9 Å². The normalized spacial score (nSPS) is 10.4. The summed E-state index contributed by atoms with van der Waals surface area (Å²) in [5, 5.41) is 0. The molecule has 2 heteroatoms. The van der Waals surface area contributed by atoms with Crippen molar-refractivity contribution in [2.24, 2.45) is 0 Å². The molecule has 0 radical (unpaired) electrons. The first-order valence-electron chi connectivity index (χ1n) is 8.93. The van der Waals surface area contributed by atoms with E-state index in [-0.39, 0.29) is 5.91 Å². The molecule has 0 aromatic heterocycles. The van der Waals surface area contributed by atoms with E-state index in [1.807, 2.05) is 103 Å². The van der Waals surface area contributed by atoms with Crippen LogP contribution >= 0.6 is 0 Å². The fourth-order valence-electron chi connectivity index (χ4n) is 3.10. The van der Waals surface area contributed by atoms with Crippen molar-refractivity contribution in [1.29, 1.82) is 0 Å². The number of para-hydroxylation sites is 2. The molecule has 0 saturated carbocycles. The van der Waals surface area contributed by atoms with Crippen LogP contribution in [0.1, 0.15) is 10.4 Å². The van der Waals surface area contributed by atoms with Gasteiger partial charge in [0.05, 0.1) is 0 Å². The highest BCUT2D eigenvalue weighted by Gasteiger charge is 2.19. The van der Waals surface area contributed by atoms with Crippen molar-refractivity contribution in [3.8, 4) is 11.1 Å². The Balaban J connectivity index is 1.70. The molecule has 0 aliphatic heterocycles. The number of hydrogen-bond acceptors (Lipinski definition) is 1. The van der Waals surface area contributed by atoms with Gasteiger partial charge in [-0.3, -0.25) is 9.69 Å². The number of benzene rings is 4. The molecule has 27 heavy (non-hydrogen) atoms. The number of hydrogen-bond donors (Lipinski definition) is 0. The van der Waals surface area contributed by atoms with E-state index in [1.165, 1.54) is 0 Å². The summed E-state index contributed by atoms with van der Waals surface area (Å²) >= 11 is 0. The van der Waals surface area contributed by atoms with Crippen LogP contribution in [-0.2, 0) is 0 Å². The Hall–Kier alpha value is -3.65. The predicted molar refractivity (Wildman–Crippen MR) is 111 cm³/mol. The smallest absolute Gasteiger partial charge is 0.262 e. The lowest BCUT2D eigenvalue weighted by Crippen LogP contribution is -2.25. The number of carbonyl (C=O) groups excluding carboxylic acids is 1. The van der Waals surface area contributed by atoms with Gasteiger partial charge in [-0.25, -0.2) is 0 Å². The van der Waals surface area contributed by atoms with Crippen LogP contribution in [0.4, 0.5) is 11.4 Å². The highest BCUT2D eigenvalue weighted by Crippen LogP contribution is 2.28. The molecule has 0 fully saturated rings. The molecule has 2 nitrogen and oxygen atoms in total. The van der Waals surface area contributed by atoms with Crippen molar-refractivity contribution in [3.63, 3.8) is 0 Å². The second-order valence-electron chi connectivity index (χ2n) is 6.26. The minimum atomic E-state index is -0.0491. The van der Waals surface area contributed by atoms with Crippen LogP contribution in [0.2, 0.25) is 0 Å². The molecule has 0 saturated heterocycles. The molecule has 130 valence electrons. The molecule has 0 aliphatic carbocycles. The minimum absolute atomic E-state index is 0.0491. The van der Waals surface area contributed by atoms with E-state index < -0.39 is 0 Å². The Labute approximate surface area is 159 Å². The van der Waals surface area contributed by atoms with Crippen LogP contribution in [0.5, 0.6) is 0 Å². The van der Waals surface area contributed by atoms with E-state index in [0.717, 1.165) is 22.5 Å². The Morgan fingerprint density at radius 1 is 0.481 bits per heavy atom. The van der Waals surface area contributed by atoms with Crippen LogP contribution in [-0.4, -0.2) is 5.91 Å². The average Bonchev–Trinajstić information content (AvgIpc) is 2.76. The minimum Gasteiger partial charge on any atom is -0.277 e. The monoisotopic (exact) mass is 349 g/mol. The number of amides is 1. The van der Waals surface area contributed by atoms with Gasteiger partial charge < -0.3 is 0 Å². The topological polar surface area (TPSA) is 20.3 Å². The summed E-state index contributed by atoms with van der Waals surface area (Å²) in [7, 11) is 0. The van der Waals surface area contributed by atoms with Gasteiger partial charge >= 0.3 is 0 Å². The Bertz CT molecular complexity index is 971. The summed E-state index contributed by atoms with van der Waals surface area (Å²) in [5.74, 6) is -0.0491. The fourth-order valence-corrected chi connectivity index (χ4v) is 3.10. The van der Waals surface area contributed by atoms with Crippen molar-refractivity contribution in [1.82, 2.24) is 0 Å². The van der Waals surface area contributed by atoms with E-state index >= 15 is 0 Å². The van der Waals surface area contributed by atoms with Crippen molar-refractivity contribution in [3.05, 3.63) is 121 Å². The Morgan fingerprint density at radius 3 is 1.37 bits per heavy atom. The third kappa shape index (κ3) is 3.65. The standard InChI is InChI=1S/C25H19NO/c27-25(22-18-16-21(17-19-22)20-10-4-1-5-11-20)26(23-12-6-2-7-13-23)24-14-8-3-9-15-24/h1-19H. The third-order valence-electron chi connectivity index (χ3n) is 4.47. The molecule has 4 aromatic carbocycles. The lowest BCUT2D eigenvalue weighted by atomic mass is 10.0. The molecule has 0 bridgehead atoms. The van der Waals surface area contributed by atoms with Gasteiger partial charge in [0.25, 0.3) is 5.91 Å². The average molecular weight is 349 g/mol. The van der Waals surface area contributed by atoms with Gasteiger partial charge in [0.15, 0.2) is 0 Å². The summed E-state index contributed by atoms with van der Waals surface area (Å²) in [5.41, 5.74) is 4.58. The van der Waals surface area contributed by atoms with E-state index in [2.05, 4.69) is 12.1 Å². The summed E-state index contributed by atoms with van der Waals surface area (Å²) in [6.45, 7) is 0. The zero-order chi connectivity index (χ0) is 18.5. The van der Waals surface area contributed by atoms with Gasteiger partial charge in [0.1, 0.15) is 0 Å². The van der Waals surface area contributed by atoms with E-state index in [0.29, 0.717) is 5.56 Å². The number of carbonyl (C=O) groups is 1. The van der Waals surface area contributed by atoms with Gasteiger partial charge in [-0.15, -0.1) is 0 Å². The summed E-state index contributed by atoms with van der Waals surface area (Å²) in [6.07, 6.45) is 0. The third-order valence-corrected chi connectivity index (χ3v) is 4.47. The Kier molecular flexibility index (Phi) is 4.80. The molecule has 4 aromatic rings. The summed E-state index contributed by atoms with van der Waals surface area (Å²) < 4.78 is 0. The van der Waals surface area contributed by atoms with E-state index in [4.69, 9.17) is 0 Å². The maximum Gasteiger partial charge on any atom is 0.262 e. The summed E-state index contributed by atoms with van der Waals surface area (Å²) in [6, 6.07) is 37.4. The van der Waals surface area contributed by atoms with Gasteiger partial charge in [-0.05, 0) is 47.5 Å². The van der Waals surface area contributed by atoms with Gasteiger partial charge in [0.2, 0.25) is 0 Å². The van der Waals surface area contributed by atoms with Gasteiger partial charge in [-0.2, -0.15) is 0 Å². The second-order valence-corrected chi connectivity index (χ2v) is 6.26. The first kappa shape index (κ1) is 16.8. The lowest BCUT2D eigenvalue weighted by molar-refractivity contribution is 0.0999. The quantitative estimate of drug-likeness (QED) is 0.421. The van der Waals surface area contributed by atoms with E-state index in [9.17, 15) is 4.79 Å². The molecule has 0 aliphatic rings. The summed E-state index contributed by atoms with van der Waals surface area (Å²) in [4.78, 5) is 15.1. The van der Waals surface area contributed by atoms with Crippen molar-refractivity contribution < 1.29 is 4.79 Å². The molecule has 0 atom stereocenters. The van der Waals surface area contributed by atoms with Crippen LogP contribution < -0.4 is 4.90 Å². The zero-order valence-electron chi connectivity index (χ0n) is 14.8. The maximum atomic E-state index is 13.3. The van der Waals surface area contributed by atoms with Crippen molar-refractivity contribution in [2.45, 2.75) is 0 Å². The zero-order valence-corrected chi connectivity index (χ0v) is 14.8. The largest absolute Gasteiger partial charge is 0.277 e. The maximum absolute atomic E-state index is 13.3. The molecule has 0 unspecified atom stereocenters. The van der Waals surface area contributed by atoms with Gasteiger partial charge in [-0.1, -0.05) is 78.9 Å². The molecule has 1 amide bonds. The predicted octanol–water partition coefficient (Wildman–Crippen LogP) is 6.33. The van der Waals surface area contributed by atoms with Crippen LogP contribution in [0.15, 0.2) is 115 Å². The molecule has 0 N–H and O–H groups in total. The highest BCUT2D eigenvalue weighted by molar-refractivity contribution is 6.11. The van der Waals surface area contributed by atoms with Crippen LogP contribution in [0, 0.1) is 0 Å². The molecule has 0 spiro atoms. The highest BCUT2D eigenvalue weighted by atomic mass is 16.2. The number of nitrogens with zero attached hydrogens (tertiary/aromatic N) is 1. The van der Waals surface area contributed by atoms with Crippen LogP contribution in [0.25, 0.3) is 11.1 Å². The molecule has 0 heterocycles. The van der Waals surface area contributed by atoms with Crippen LogP contribution in [0.3, 0.4) is 0 Å². The molecular weight excluding hydrogens is 330 g/mol. The van der Waals surface area contributed by atoms with Crippen molar-refractivity contribution in [2.75, 3.05) is 4.90 Å². The first-order valence-corrected chi connectivity index (χ1v) is 8.93. The molecular formula is C25H19NO. The lowest BCUT2D eigenvalue weighted by Gasteiger charge is -2.23. The number of rotatable bonds is 4. The SMILES string of the molecule is O=C(c1ccc(-c2ccccc2)cc1)N(c1ccccc1)c1ccccc1. The fraction of sp³-hybridized carbons (Fsp3) is 0. The van der Waals surface area contributed by atoms with E-state index in [1.54, 1.807) is 4.90 Å². The van der Waals surface area contributed by atoms with Crippen molar-refractivity contribution >= 4 is 17.3 Å². The molecule has 4 rings (SSSR count). The number of anilines is 2. The Morgan fingerprint density at radius 2 is 0.889 bits per heavy atom. The first-order chi connectivity index (χ1) is 13.3. The second kappa shape index (κ2) is 7.71.